The monoisotopic (exact) mass is 567 g/mol. The summed E-state index contributed by atoms with van der Waals surface area (Å²) >= 11 is 3.47. The van der Waals surface area contributed by atoms with E-state index < -0.39 is 18.0 Å². The third-order valence-corrected chi connectivity index (χ3v) is 7.79. The first-order valence-electron chi connectivity index (χ1n) is 12.0. The van der Waals surface area contributed by atoms with Crippen molar-refractivity contribution < 1.29 is 23.9 Å². The van der Waals surface area contributed by atoms with Gasteiger partial charge in [0, 0.05) is 47.0 Å². The van der Waals surface area contributed by atoms with E-state index in [0.29, 0.717) is 17.7 Å². The van der Waals surface area contributed by atoms with Crippen molar-refractivity contribution in [3.63, 3.8) is 0 Å². The molecule has 11 heteroatoms. The fourth-order valence-corrected chi connectivity index (χ4v) is 5.95. The molecule has 5 rings (SSSR count). The van der Waals surface area contributed by atoms with Crippen LogP contribution in [-0.2, 0) is 14.3 Å². The van der Waals surface area contributed by atoms with Crippen LogP contribution in [0.15, 0.2) is 58.1 Å². The van der Waals surface area contributed by atoms with Gasteiger partial charge in [0.2, 0.25) is 0 Å². The molecule has 5 atom stereocenters. The van der Waals surface area contributed by atoms with Crippen molar-refractivity contribution >= 4 is 34.0 Å². The maximum Gasteiger partial charge on any atom is 0.261 e. The zero-order valence-electron chi connectivity index (χ0n) is 20.4. The minimum absolute atomic E-state index is 0.132. The van der Waals surface area contributed by atoms with Crippen molar-refractivity contribution in [1.82, 2.24) is 9.80 Å². The SMILES string of the molecule is CC1(C)O[C@@H](CN2[C@H](CN3C(=O)c4ccccc4C3=O)[C@H](c3ccc(Br)cc3)[C@@H]2CN=[N+]=[N-])[C@@H](C=O)O1. The molecule has 10 nitrogen and oxygen atoms in total. The molecule has 2 fully saturated rings. The smallest absolute Gasteiger partial charge is 0.261 e. The molecule has 2 amide bonds. The number of aldehydes is 1. The number of hydrogen-bond donors (Lipinski definition) is 0. The highest BCUT2D eigenvalue weighted by atomic mass is 79.9. The molecule has 0 saturated carbocycles. The van der Waals surface area contributed by atoms with Crippen molar-refractivity contribution in [3.05, 3.63) is 80.1 Å². The highest BCUT2D eigenvalue weighted by Gasteiger charge is 2.53. The maximum atomic E-state index is 13.2. The van der Waals surface area contributed by atoms with Crippen LogP contribution >= 0.6 is 15.9 Å². The van der Waals surface area contributed by atoms with Crippen LogP contribution in [0.5, 0.6) is 0 Å². The zero-order chi connectivity index (χ0) is 26.3. The number of likely N-dealkylation sites (tertiary alicyclic amines) is 1. The van der Waals surface area contributed by atoms with E-state index in [2.05, 4.69) is 30.9 Å². The van der Waals surface area contributed by atoms with Gasteiger partial charge in [-0.1, -0.05) is 45.3 Å². The molecule has 3 aliphatic heterocycles. The van der Waals surface area contributed by atoms with Gasteiger partial charge in [-0.05, 0) is 49.2 Å². The Hall–Kier alpha value is -3.08. The van der Waals surface area contributed by atoms with Gasteiger partial charge in [-0.25, -0.2) is 0 Å². The summed E-state index contributed by atoms with van der Waals surface area (Å²) in [5.74, 6) is -1.72. The molecule has 3 aliphatic rings. The van der Waals surface area contributed by atoms with E-state index in [1.807, 2.05) is 24.3 Å². The van der Waals surface area contributed by atoms with Crippen molar-refractivity contribution in [2.45, 2.75) is 49.8 Å². The van der Waals surface area contributed by atoms with Crippen LogP contribution < -0.4 is 0 Å². The molecular formula is C26H26BrN5O5. The number of azide groups is 1. The molecule has 2 saturated heterocycles. The van der Waals surface area contributed by atoms with Crippen LogP contribution in [0.25, 0.3) is 10.4 Å². The maximum absolute atomic E-state index is 13.2. The number of imide groups is 1. The molecule has 0 bridgehead atoms. The summed E-state index contributed by atoms with van der Waals surface area (Å²) in [7, 11) is 0. The van der Waals surface area contributed by atoms with Crippen LogP contribution in [0.1, 0.15) is 46.0 Å². The third kappa shape index (κ3) is 4.69. The van der Waals surface area contributed by atoms with Crippen molar-refractivity contribution in [2.24, 2.45) is 5.11 Å². The average Bonchev–Trinajstić information content (AvgIpc) is 3.31. The molecule has 0 aromatic heterocycles. The number of carbonyl (C=O) groups excluding carboxylic acids is 3. The molecule has 0 N–H and O–H groups in total. The Balaban J connectivity index is 1.48. The largest absolute Gasteiger partial charge is 0.343 e. The number of rotatable bonds is 8. The topological polar surface area (TPSA) is 125 Å². The number of benzene rings is 2. The fourth-order valence-electron chi connectivity index (χ4n) is 5.69. The highest BCUT2D eigenvalue weighted by molar-refractivity contribution is 9.10. The number of fused-ring (bicyclic) bond motifs is 1. The molecule has 3 heterocycles. The van der Waals surface area contributed by atoms with Crippen LogP contribution in [0.2, 0.25) is 0 Å². The quantitative estimate of drug-likeness (QED) is 0.156. The first-order valence-corrected chi connectivity index (χ1v) is 12.8. The summed E-state index contributed by atoms with van der Waals surface area (Å²) in [5, 5.41) is 3.85. The van der Waals surface area contributed by atoms with Crippen LogP contribution in [0.4, 0.5) is 0 Å². The second kappa shape index (κ2) is 10.00. The van der Waals surface area contributed by atoms with Crippen LogP contribution in [0, 0.1) is 0 Å². The van der Waals surface area contributed by atoms with E-state index in [9.17, 15) is 14.4 Å². The van der Waals surface area contributed by atoms with Crippen LogP contribution in [0.3, 0.4) is 0 Å². The summed E-state index contributed by atoms with van der Waals surface area (Å²) in [6.45, 7) is 4.12. The molecule has 192 valence electrons. The number of halogens is 1. The van der Waals surface area contributed by atoms with Gasteiger partial charge < -0.3 is 14.3 Å². The molecule has 2 aromatic carbocycles. The number of amides is 2. The summed E-state index contributed by atoms with van der Waals surface area (Å²) in [6.07, 6.45) is -0.592. The lowest BCUT2D eigenvalue weighted by Gasteiger charge is -2.56. The molecule has 37 heavy (non-hydrogen) atoms. The summed E-state index contributed by atoms with van der Waals surface area (Å²) in [5.41, 5.74) is 10.8. The van der Waals surface area contributed by atoms with Gasteiger partial charge in [-0.3, -0.25) is 19.4 Å². The van der Waals surface area contributed by atoms with Crippen molar-refractivity contribution in [3.8, 4) is 0 Å². The molecule has 0 unspecified atom stereocenters. The predicted molar refractivity (Wildman–Crippen MR) is 137 cm³/mol. The molecule has 0 spiro atoms. The number of carbonyl (C=O) groups is 3. The van der Waals surface area contributed by atoms with E-state index >= 15 is 0 Å². The average molecular weight is 568 g/mol. The fraction of sp³-hybridized carbons (Fsp3) is 0.423. The van der Waals surface area contributed by atoms with E-state index in [4.69, 9.17) is 15.0 Å². The first-order chi connectivity index (χ1) is 17.7. The third-order valence-electron chi connectivity index (χ3n) is 7.26. The Labute approximate surface area is 222 Å². The van der Waals surface area contributed by atoms with Gasteiger partial charge in [0.05, 0.1) is 11.1 Å². The van der Waals surface area contributed by atoms with E-state index in [-0.39, 0.29) is 42.9 Å². The minimum Gasteiger partial charge on any atom is -0.343 e. The van der Waals surface area contributed by atoms with Crippen molar-refractivity contribution in [1.29, 1.82) is 0 Å². The van der Waals surface area contributed by atoms with Gasteiger partial charge in [0.15, 0.2) is 12.1 Å². The highest BCUT2D eigenvalue weighted by Crippen LogP contribution is 2.44. The Bertz CT molecular complexity index is 1240. The molecule has 2 aromatic rings. The lowest BCUT2D eigenvalue weighted by molar-refractivity contribution is -0.154. The standard InChI is InChI=1S/C26H26BrN5O5/c1-26(2)36-21(22(14-33)37-26)13-31-19(11-29-30-28)23(15-7-9-16(27)10-8-15)20(31)12-32-24(34)17-5-3-4-6-18(17)25(32)35/h3-10,14,19-23H,11-13H2,1-2H3/t19-,20+,21-,22+,23+/m0/s1. The normalized spacial score (nSPS) is 28.5. The number of nitrogens with zero attached hydrogens (tertiary/aromatic N) is 5. The van der Waals surface area contributed by atoms with E-state index in [0.717, 1.165) is 16.3 Å². The lowest BCUT2D eigenvalue weighted by atomic mass is 9.74. The second-order valence-electron chi connectivity index (χ2n) is 9.86. The Morgan fingerprint density at radius 3 is 2.27 bits per heavy atom. The van der Waals surface area contributed by atoms with Crippen LogP contribution in [-0.4, -0.2) is 77.6 Å². The summed E-state index contributed by atoms with van der Waals surface area (Å²) in [6, 6.07) is 14.1. The Morgan fingerprint density at radius 2 is 1.68 bits per heavy atom. The summed E-state index contributed by atoms with van der Waals surface area (Å²) < 4.78 is 12.7. The lowest BCUT2D eigenvalue weighted by Crippen LogP contribution is -2.68. The van der Waals surface area contributed by atoms with E-state index in [1.165, 1.54) is 4.90 Å². The Kier molecular flexibility index (Phi) is 6.91. The van der Waals surface area contributed by atoms with Gasteiger partial charge in [-0.2, -0.15) is 0 Å². The second-order valence-corrected chi connectivity index (χ2v) is 10.8. The van der Waals surface area contributed by atoms with E-state index in [1.54, 1.807) is 38.1 Å². The van der Waals surface area contributed by atoms with Gasteiger partial charge >= 0.3 is 0 Å². The van der Waals surface area contributed by atoms with Crippen molar-refractivity contribution in [2.75, 3.05) is 19.6 Å². The molecule has 0 radical (unpaired) electrons. The summed E-state index contributed by atoms with van der Waals surface area (Å²) in [4.78, 5) is 44.4. The molecule has 0 aliphatic carbocycles. The van der Waals surface area contributed by atoms with Gasteiger partial charge in [0.1, 0.15) is 12.2 Å². The predicted octanol–water partition coefficient (Wildman–Crippen LogP) is 3.91. The van der Waals surface area contributed by atoms with Gasteiger partial charge in [-0.15, -0.1) is 0 Å². The number of ether oxygens (including phenoxy) is 2. The Morgan fingerprint density at radius 1 is 1.03 bits per heavy atom. The number of hydrogen-bond acceptors (Lipinski definition) is 7. The molecular weight excluding hydrogens is 542 g/mol. The van der Waals surface area contributed by atoms with Gasteiger partial charge in [0.25, 0.3) is 11.8 Å². The zero-order valence-corrected chi connectivity index (χ0v) is 21.9. The minimum atomic E-state index is -0.926. The first kappa shape index (κ1) is 25.6.